The van der Waals surface area contributed by atoms with Crippen molar-refractivity contribution in [2.45, 2.75) is 59.4 Å². The first-order valence-corrected chi connectivity index (χ1v) is 10.0. The number of benzene rings is 1. The Morgan fingerprint density at radius 2 is 2.04 bits per heavy atom. The second-order valence-electron chi connectivity index (χ2n) is 8.78. The molecule has 0 bridgehead atoms. The molecule has 1 N–H and O–H groups in total. The number of ether oxygens (including phenoxy) is 1. The summed E-state index contributed by atoms with van der Waals surface area (Å²) in [5.41, 5.74) is 3.08. The minimum atomic E-state index is -0.538. The average Bonchev–Trinajstić information content (AvgIpc) is 2.79. The van der Waals surface area contributed by atoms with Gasteiger partial charge in [-0.15, -0.1) is 0 Å². The largest absolute Gasteiger partial charge is 0.454 e. The predicted octanol–water partition coefficient (Wildman–Crippen LogP) is 6.87. The molecule has 0 amide bonds. The maximum atomic E-state index is 14.5. The highest BCUT2D eigenvalue weighted by Crippen LogP contribution is 2.40. The van der Waals surface area contributed by atoms with Gasteiger partial charge in [-0.1, -0.05) is 50.6 Å². The molecule has 1 aromatic carbocycles. The first kappa shape index (κ1) is 20.0. The Labute approximate surface area is 167 Å². The van der Waals surface area contributed by atoms with Crippen LogP contribution in [0.2, 0.25) is 5.02 Å². The normalized spacial score (nSPS) is 21.4. The minimum absolute atomic E-state index is 0.0501. The number of fused-ring (bicyclic) bond motifs is 1. The fourth-order valence-electron chi connectivity index (χ4n) is 4.11. The third kappa shape index (κ3) is 4.40. The lowest BCUT2D eigenvalue weighted by molar-refractivity contribution is 0.197. The van der Waals surface area contributed by atoms with Gasteiger partial charge in [-0.05, 0) is 56.1 Å². The van der Waals surface area contributed by atoms with Crippen molar-refractivity contribution >= 4 is 17.3 Å². The van der Waals surface area contributed by atoms with Gasteiger partial charge in [0.1, 0.15) is 5.76 Å². The summed E-state index contributed by atoms with van der Waals surface area (Å²) in [5.74, 6) is 0.571. The molecule has 146 valence electrons. The number of halogens is 2. The number of allylic oxidation sites excluding steroid dienone is 3. The molecule has 0 fully saturated rings. The molecule has 0 saturated carbocycles. The second kappa shape index (κ2) is 7.71. The van der Waals surface area contributed by atoms with Crippen molar-refractivity contribution in [2.24, 2.45) is 11.3 Å². The van der Waals surface area contributed by atoms with E-state index in [0.29, 0.717) is 17.2 Å². The summed E-state index contributed by atoms with van der Waals surface area (Å²) >= 11 is 5.94. The van der Waals surface area contributed by atoms with E-state index in [4.69, 9.17) is 16.3 Å². The molecule has 1 aliphatic carbocycles. The van der Waals surface area contributed by atoms with Gasteiger partial charge in [0, 0.05) is 23.4 Å². The summed E-state index contributed by atoms with van der Waals surface area (Å²) < 4.78 is 20.0. The predicted molar refractivity (Wildman–Crippen MR) is 111 cm³/mol. The topological polar surface area (TPSA) is 21.3 Å². The number of rotatable bonds is 3. The molecular weight excluding hydrogens is 361 g/mol. The van der Waals surface area contributed by atoms with E-state index >= 15 is 0 Å². The maximum Gasteiger partial charge on any atom is 0.184 e. The minimum Gasteiger partial charge on any atom is -0.454 e. The zero-order valence-electron chi connectivity index (χ0n) is 16.7. The van der Waals surface area contributed by atoms with Crippen LogP contribution in [0.25, 0.3) is 5.70 Å². The molecule has 1 unspecified atom stereocenters. The molecule has 2 aliphatic rings. The molecule has 1 aliphatic heterocycles. The molecule has 3 rings (SSSR count). The third-order valence-electron chi connectivity index (χ3n) is 5.53. The first-order valence-electron chi connectivity index (χ1n) is 9.66. The van der Waals surface area contributed by atoms with Crippen LogP contribution in [0.3, 0.4) is 0 Å². The van der Waals surface area contributed by atoms with Crippen LogP contribution in [0.1, 0.15) is 58.9 Å². The van der Waals surface area contributed by atoms with Gasteiger partial charge in [0.15, 0.2) is 11.6 Å². The van der Waals surface area contributed by atoms with E-state index in [0.717, 1.165) is 31.4 Å². The fourth-order valence-corrected chi connectivity index (χ4v) is 4.26. The van der Waals surface area contributed by atoms with Crippen molar-refractivity contribution in [3.8, 4) is 5.75 Å². The van der Waals surface area contributed by atoms with Crippen LogP contribution in [0.4, 0.5) is 4.39 Å². The maximum absolute atomic E-state index is 14.5. The molecule has 4 heteroatoms. The standard InChI is InChI=1S/C23H29ClFNO/c1-14-7-6-8-16(10-9-14)22(23(3,4)5)26-19-13-15(2)27-21-17(19)11-12-18(24)20(21)25/h7,11-13,16,22,26H,2,6,8-10H2,1,3-5H3/t16?,22-/m1/s1. The quantitative estimate of drug-likeness (QED) is 0.569. The third-order valence-corrected chi connectivity index (χ3v) is 5.83. The van der Waals surface area contributed by atoms with Crippen LogP contribution in [0.5, 0.6) is 5.75 Å². The van der Waals surface area contributed by atoms with Crippen molar-refractivity contribution in [2.75, 3.05) is 0 Å². The molecule has 0 aromatic heterocycles. The monoisotopic (exact) mass is 389 g/mol. The molecular formula is C23H29ClFNO. The zero-order valence-corrected chi connectivity index (χ0v) is 17.4. The second-order valence-corrected chi connectivity index (χ2v) is 9.19. The van der Waals surface area contributed by atoms with E-state index in [2.05, 4.69) is 45.7 Å². The van der Waals surface area contributed by atoms with E-state index in [1.165, 1.54) is 5.57 Å². The van der Waals surface area contributed by atoms with Gasteiger partial charge in [-0.2, -0.15) is 0 Å². The van der Waals surface area contributed by atoms with E-state index in [1.54, 1.807) is 6.07 Å². The molecule has 27 heavy (non-hydrogen) atoms. The number of hydrogen-bond donors (Lipinski definition) is 1. The molecule has 0 saturated heterocycles. The molecule has 1 aromatic rings. The highest BCUT2D eigenvalue weighted by molar-refractivity contribution is 6.31. The van der Waals surface area contributed by atoms with Crippen LogP contribution in [-0.4, -0.2) is 6.04 Å². The van der Waals surface area contributed by atoms with Gasteiger partial charge in [-0.25, -0.2) is 4.39 Å². The van der Waals surface area contributed by atoms with Gasteiger partial charge < -0.3 is 10.1 Å². The van der Waals surface area contributed by atoms with E-state index in [-0.39, 0.29) is 22.2 Å². The van der Waals surface area contributed by atoms with Crippen molar-refractivity contribution in [3.63, 3.8) is 0 Å². The lowest BCUT2D eigenvalue weighted by Crippen LogP contribution is -2.45. The highest BCUT2D eigenvalue weighted by atomic mass is 35.5. The Morgan fingerprint density at radius 1 is 1.30 bits per heavy atom. The zero-order chi connectivity index (χ0) is 19.8. The molecule has 1 heterocycles. The van der Waals surface area contributed by atoms with Gasteiger partial charge in [0.05, 0.1) is 5.02 Å². The van der Waals surface area contributed by atoms with Crippen molar-refractivity contribution in [1.82, 2.24) is 5.32 Å². The van der Waals surface area contributed by atoms with Gasteiger partial charge in [-0.3, -0.25) is 0 Å². The molecule has 0 spiro atoms. The molecule has 2 atom stereocenters. The Bertz CT molecular complexity index is 803. The number of nitrogens with one attached hydrogen (secondary N) is 1. The van der Waals surface area contributed by atoms with Gasteiger partial charge in [0.25, 0.3) is 0 Å². The Kier molecular flexibility index (Phi) is 5.71. The SMILES string of the molecule is C=C1C=C(N[C@H](C2CCC=C(C)CC2)C(C)(C)C)c2ccc(Cl)c(F)c2O1. The van der Waals surface area contributed by atoms with Crippen molar-refractivity contribution in [1.29, 1.82) is 0 Å². The summed E-state index contributed by atoms with van der Waals surface area (Å²) in [7, 11) is 0. The van der Waals surface area contributed by atoms with E-state index in [9.17, 15) is 4.39 Å². The van der Waals surface area contributed by atoms with Gasteiger partial charge in [0.2, 0.25) is 0 Å². The summed E-state index contributed by atoms with van der Waals surface area (Å²) in [6.45, 7) is 12.9. The summed E-state index contributed by atoms with van der Waals surface area (Å²) in [5, 5.41) is 3.78. The summed E-state index contributed by atoms with van der Waals surface area (Å²) in [6, 6.07) is 3.64. The van der Waals surface area contributed by atoms with Crippen LogP contribution < -0.4 is 10.1 Å². The first-order chi connectivity index (χ1) is 12.7. The van der Waals surface area contributed by atoms with E-state index in [1.807, 2.05) is 12.1 Å². The fraction of sp³-hybridized carbons (Fsp3) is 0.478. The van der Waals surface area contributed by atoms with Crippen LogP contribution in [-0.2, 0) is 0 Å². The summed E-state index contributed by atoms with van der Waals surface area (Å²) in [6.07, 6.45) is 8.77. The van der Waals surface area contributed by atoms with Crippen LogP contribution in [0, 0.1) is 17.2 Å². The van der Waals surface area contributed by atoms with Crippen molar-refractivity contribution < 1.29 is 9.13 Å². The van der Waals surface area contributed by atoms with Crippen LogP contribution in [0.15, 0.2) is 42.2 Å². The van der Waals surface area contributed by atoms with E-state index < -0.39 is 5.82 Å². The Balaban J connectivity index is 1.93. The van der Waals surface area contributed by atoms with Crippen LogP contribution >= 0.6 is 11.6 Å². The lowest BCUT2D eigenvalue weighted by atomic mass is 9.75. The molecule has 2 nitrogen and oxygen atoms in total. The van der Waals surface area contributed by atoms with Gasteiger partial charge >= 0.3 is 0 Å². The van der Waals surface area contributed by atoms with Crippen molar-refractivity contribution in [3.05, 3.63) is 58.6 Å². The Morgan fingerprint density at radius 3 is 2.74 bits per heavy atom. The smallest absolute Gasteiger partial charge is 0.184 e. The Hall–Kier alpha value is -1.74. The lowest BCUT2D eigenvalue weighted by Gasteiger charge is -2.40. The average molecular weight is 390 g/mol. The molecule has 0 radical (unpaired) electrons. The summed E-state index contributed by atoms with van der Waals surface area (Å²) in [4.78, 5) is 0. The highest BCUT2D eigenvalue weighted by Gasteiger charge is 2.34. The number of hydrogen-bond acceptors (Lipinski definition) is 2.